The van der Waals surface area contributed by atoms with E-state index in [4.69, 9.17) is 0 Å². The van der Waals surface area contributed by atoms with Crippen molar-refractivity contribution in [3.05, 3.63) is 84.4 Å². The molecule has 3 N–H and O–H groups in total. The molecule has 0 saturated heterocycles. The summed E-state index contributed by atoms with van der Waals surface area (Å²) in [5.74, 6) is -0.310. The molecule has 0 atom stereocenters. The number of rotatable bonds is 10. The number of hydrogen-bond acceptors (Lipinski definition) is 4. The Bertz CT molecular complexity index is 1100. The minimum absolute atomic E-state index is 0.0290. The van der Waals surface area contributed by atoms with Gasteiger partial charge in [0.2, 0.25) is 11.8 Å². The highest BCUT2D eigenvalue weighted by Crippen LogP contribution is 2.18. The lowest BCUT2D eigenvalue weighted by atomic mass is 10.1. The van der Waals surface area contributed by atoms with Crippen molar-refractivity contribution in [1.29, 1.82) is 0 Å². The molecule has 0 unspecified atom stereocenters. The van der Waals surface area contributed by atoms with Crippen LogP contribution in [-0.4, -0.2) is 30.8 Å². The second-order valence-electron chi connectivity index (χ2n) is 7.74. The Morgan fingerprint density at radius 1 is 0.706 bits per heavy atom. The van der Waals surface area contributed by atoms with Gasteiger partial charge >= 0.3 is 0 Å². The second-order valence-corrected chi connectivity index (χ2v) is 7.74. The molecule has 0 aliphatic rings. The van der Waals surface area contributed by atoms with Crippen molar-refractivity contribution in [2.45, 2.75) is 26.7 Å². The van der Waals surface area contributed by atoms with E-state index in [1.807, 2.05) is 44.2 Å². The first-order chi connectivity index (χ1) is 16.5. The zero-order valence-corrected chi connectivity index (χ0v) is 19.5. The Morgan fingerprint density at radius 3 is 1.82 bits per heavy atom. The van der Waals surface area contributed by atoms with Crippen molar-refractivity contribution in [3.8, 4) is 0 Å². The summed E-state index contributed by atoms with van der Waals surface area (Å²) in [6, 6.07) is 23.6. The Labute approximate surface area is 200 Å². The molecule has 34 heavy (non-hydrogen) atoms. The van der Waals surface area contributed by atoms with Crippen LogP contribution >= 0.6 is 0 Å². The smallest absolute Gasteiger partial charge is 0.258 e. The number of carbonyl (C=O) groups is 3. The molecule has 7 heteroatoms. The van der Waals surface area contributed by atoms with Crippen LogP contribution in [0.2, 0.25) is 0 Å². The van der Waals surface area contributed by atoms with Gasteiger partial charge in [-0.15, -0.1) is 0 Å². The van der Waals surface area contributed by atoms with E-state index in [-0.39, 0.29) is 24.3 Å². The predicted molar refractivity (Wildman–Crippen MR) is 137 cm³/mol. The van der Waals surface area contributed by atoms with Gasteiger partial charge in [0, 0.05) is 41.3 Å². The summed E-state index contributed by atoms with van der Waals surface area (Å²) in [5, 5.41) is 8.69. The summed E-state index contributed by atoms with van der Waals surface area (Å²) in [4.78, 5) is 38.6. The van der Waals surface area contributed by atoms with Crippen molar-refractivity contribution < 1.29 is 14.4 Å². The minimum atomic E-state index is -0.204. The second kappa shape index (κ2) is 12.2. The van der Waals surface area contributed by atoms with Gasteiger partial charge in [0.25, 0.3) is 5.91 Å². The van der Waals surface area contributed by atoms with Crippen molar-refractivity contribution in [2.75, 3.05) is 33.9 Å². The summed E-state index contributed by atoms with van der Waals surface area (Å²) >= 11 is 0. The molecule has 0 spiro atoms. The molecule has 0 fully saturated rings. The molecule has 7 nitrogen and oxygen atoms in total. The van der Waals surface area contributed by atoms with Gasteiger partial charge in [0.1, 0.15) is 0 Å². The van der Waals surface area contributed by atoms with E-state index in [1.54, 1.807) is 53.4 Å². The molecule has 3 rings (SSSR count). The van der Waals surface area contributed by atoms with Crippen LogP contribution < -0.4 is 20.9 Å². The number of benzene rings is 3. The molecule has 0 radical (unpaired) electrons. The van der Waals surface area contributed by atoms with Gasteiger partial charge in [0.15, 0.2) is 0 Å². The summed E-state index contributed by atoms with van der Waals surface area (Å²) in [7, 11) is 0. The Morgan fingerprint density at radius 2 is 1.26 bits per heavy atom. The summed E-state index contributed by atoms with van der Waals surface area (Å²) in [6.07, 6.45) is 1.26. The normalized spacial score (nSPS) is 10.3. The highest BCUT2D eigenvalue weighted by Gasteiger charge is 2.15. The zero-order valence-electron chi connectivity index (χ0n) is 19.5. The monoisotopic (exact) mass is 458 g/mol. The van der Waals surface area contributed by atoms with E-state index in [9.17, 15) is 14.4 Å². The minimum Gasteiger partial charge on any atom is -0.376 e. The van der Waals surface area contributed by atoms with Crippen LogP contribution in [0.15, 0.2) is 78.9 Å². The van der Waals surface area contributed by atoms with Crippen molar-refractivity contribution in [1.82, 2.24) is 0 Å². The first-order valence-electron chi connectivity index (χ1n) is 11.4. The molecule has 0 bridgehead atoms. The van der Waals surface area contributed by atoms with Gasteiger partial charge < -0.3 is 20.9 Å². The maximum atomic E-state index is 12.9. The van der Waals surface area contributed by atoms with Gasteiger partial charge in [-0.05, 0) is 74.0 Å². The molecule has 0 aliphatic heterocycles. The average Bonchev–Trinajstić information content (AvgIpc) is 2.85. The van der Waals surface area contributed by atoms with E-state index in [2.05, 4.69) is 16.0 Å². The largest absolute Gasteiger partial charge is 0.376 e. The van der Waals surface area contributed by atoms with Crippen LogP contribution in [0.5, 0.6) is 0 Å². The third-order valence-corrected chi connectivity index (χ3v) is 5.14. The van der Waals surface area contributed by atoms with Crippen LogP contribution in [-0.2, 0) is 9.59 Å². The summed E-state index contributed by atoms with van der Waals surface area (Å²) in [5.41, 5.74) is 3.50. The quantitative estimate of drug-likeness (QED) is 0.392. The van der Waals surface area contributed by atoms with Crippen molar-refractivity contribution >= 4 is 40.5 Å². The zero-order chi connectivity index (χ0) is 24.3. The molecule has 3 aromatic carbocycles. The van der Waals surface area contributed by atoms with Gasteiger partial charge in [-0.2, -0.15) is 0 Å². The first-order valence-corrected chi connectivity index (χ1v) is 11.4. The van der Waals surface area contributed by atoms with E-state index < -0.39 is 0 Å². The average molecular weight is 459 g/mol. The fourth-order valence-corrected chi connectivity index (χ4v) is 3.41. The highest BCUT2D eigenvalue weighted by molar-refractivity contribution is 6.06. The predicted octanol–water partition coefficient (Wildman–Crippen LogP) is 5.14. The highest BCUT2D eigenvalue weighted by atomic mass is 16.2. The van der Waals surface area contributed by atoms with Crippen LogP contribution in [0.4, 0.5) is 22.7 Å². The molecular formula is C27H30N4O3. The van der Waals surface area contributed by atoms with Gasteiger partial charge in [-0.3, -0.25) is 14.4 Å². The molecule has 0 heterocycles. The maximum Gasteiger partial charge on any atom is 0.258 e. The molecule has 0 aliphatic carbocycles. The number of hydrogen-bond donors (Lipinski definition) is 3. The van der Waals surface area contributed by atoms with Crippen LogP contribution in [0.3, 0.4) is 0 Å². The summed E-state index contributed by atoms with van der Waals surface area (Å²) in [6.45, 7) is 4.53. The van der Waals surface area contributed by atoms with Gasteiger partial charge in [-0.1, -0.05) is 25.1 Å². The molecule has 176 valence electrons. The molecule has 3 amide bonds. The van der Waals surface area contributed by atoms with Gasteiger partial charge in [-0.25, -0.2) is 0 Å². The van der Waals surface area contributed by atoms with Crippen LogP contribution in [0.1, 0.15) is 37.0 Å². The standard InChI is InChI=1S/C27H30N4O3/c1-3-8-25(32)29-22-15-17-23(18-16-22)30-26(33)19-28-21-13-11-20(12-14-21)27(34)31(4-2)24-9-6-5-7-10-24/h5-7,9-18,28H,3-4,8,19H2,1-2H3,(H,29,32)(H,30,33). The van der Waals surface area contributed by atoms with E-state index in [0.29, 0.717) is 29.9 Å². The third-order valence-electron chi connectivity index (χ3n) is 5.14. The lowest BCUT2D eigenvalue weighted by molar-refractivity contribution is -0.116. The lowest BCUT2D eigenvalue weighted by Crippen LogP contribution is -2.30. The number of anilines is 4. The fourth-order valence-electron chi connectivity index (χ4n) is 3.41. The van der Waals surface area contributed by atoms with E-state index in [1.165, 1.54) is 0 Å². The topological polar surface area (TPSA) is 90.5 Å². The first kappa shape index (κ1) is 24.5. The van der Waals surface area contributed by atoms with Crippen LogP contribution in [0, 0.1) is 0 Å². The molecule has 3 aromatic rings. The summed E-state index contributed by atoms with van der Waals surface area (Å²) < 4.78 is 0. The fraction of sp³-hybridized carbons (Fsp3) is 0.222. The number of para-hydroxylation sites is 1. The van der Waals surface area contributed by atoms with E-state index in [0.717, 1.165) is 17.8 Å². The number of amides is 3. The maximum absolute atomic E-state index is 12.9. The van der Waals surface area contributed by atoms with Crippen molar-refractivity contribution in [3.63, 3.8) is 0 Å². The van der Waals surface area contributed by atoms with Crippen molar-refractivity contribution in [2.24, 2.45) is 0 Å². The molecule has 0 saturated carbocycles. The Balaban J connectivity index is 1.50. The number of carbonyl (C=O) groups excluding carboxylic acids is 3. The van der Waals surface area contributed by atoms with Crippen LogP contribution in [0.25, 0.3) is 0 Å². The SMILES string of the molecule is CCCC(=O)Nc1ccc(NC(=O)CNc2ccc(C(=O)N(CC)c3ccccc3)cc2)cc1. The number of nitrogens with zero attached hydrogens (tertiary/aromatic N) is 1. The molecular weight excluding hydrogens is 428 g/mol. The van der Waals surface area contributed by atoms with E-state index >= 15 is 0 Å². The Hall–Kier alpha value is -4.13. The third kappa shape index (κ3) is 6.93. The lowest BCUT2D eigenvalue weighted by Gasteiger charge is -2.21. The molecule has 0 aromatic heterocycles. The Kier molecular flexibility index (Phi) is 8.80. The van der Waals surface area contributed by atoms with Gasteiger partial charge in [0.05, 0.1) is 6.54 Å². The number of nitrogens with one attached hydrogen (secondary N) is 3.